The van der Waals surface area contributed by atoms with E-state index in [2.05, 4.69) is 22.0 Å². The van der Waals surface area contributed by atoms with E-state index in [1.807, 2.05) is 49.1 Å². The van der Waals surface area contributed by atoms with Crippen LogP contribution in [0.1, 0.15) is 16.7 Å². The van der Waals surface area contributed by atoms with Crippen LogP contribution < -0.4 is 9.64 Å². The topological polar surface area (TPSA) is 29.5 Å². The summed E-state index contributed by atoms with van der Waals surface area (Å²) in [5.74, 6) is 0.738. The Labute approximate surface area is 139 Å². The van der Waals surface area contributed by atoms with Gasteiger partial charge in [-0.2, -0.15) is 0 Å². The second kappa shape index (κ2) is 6.13. The number of para-hydroxylation sites is 1. The van der Waals surface area contributed by atoms with Crippen LogP contribution >= 0.6 is 15.9 Å². The van der Waals surface area contributed by atoms with Crippen LogP contribution in [-0.2, 0) is 11.2 Å². The lowest BCUT2D eigenvalue weighted by atomic mass is 10.1. The van der Waals surface area contributed by atoms with E-state index in [0.717, 1.165) is 40.0 Å². The zero-order chi connectivity index (χ0) is 15.7. The number of hydrogen-bond acceptors (Lipinski definition) is 2. The van der Waals surface area contributed by atoms with Gasteiger partial charge in [-0.05, 0) is 55.2 Å². The first-order valence-electron chi connectivity index (χ1n) is 7.34. The molecule has 0 unspecified atom stereocenters. The first-order chi connectivity index (χ1) is 10.6. The Morgan fingerprint density at radius 1 is 1.23 bits per heavy atom. The maximum absolute atomic E-state index is 12.4. The summed E-state index contributed by atoms with van der Waals surface area (Å²) in [4.78, 5) is 14.2. The molecular formula is C18H18BrNO2. The lowest BCUT2D eigenvalue weighted by Crippen LogP contribution is -2.33. The van der Waals surface area contributed by atoms with Crippen LogP contribution in [0.2, 0.25) is 0 Å². The first-order valence-corrected chi connectivity index (χ1v) is 8.13. The van der Waals surface area contributed by atoms with Gasteiger partial charge in [-0.25, -0.2) is 0 Å². The molecule has 0 radical (unpaired) electrons. The van der Waals surface area contributed by atoms with Crippen molar-refractivity contribution >= 4 is 27.5 Å². The molecule has 0 bridgehead atoms. The summed E-state index contributed by atoms with van der Waals surface area (Å²) in [6.07, 6.45) is 0.915. The molecule has 3 nitrogen and oxygen atoms in total. The molecule has 1 aliphatic heterocycles. The number of anilines is 1. The average Bonchev–Trinajstić information content (AvgIpc) is 2.94. The van der Waals surface area contributed by atoms with Gasteiger partial charge < -0.3 is 9.64 Å². The molecule has 1 amide bonds. The van der Waals surface area contributed by atoms with Crippen LogP contribution in [0.15, 0.2) is 40.9 Å². The Hall–Kier alpha value is -1.81. The summed E-state index contributed by atoms with van der Waals surface area (Å²) < 4.78 is 6.78. The van der Waals surface area contributed by atoms with E-state index in [0.29, 0.717) is 0 Å². The highest BCUT2D eigenvalue weighted by Crippen LogP contribution is 2.28. The number of carbonyl (C=O) groups excluding carboxylic acids is 1. The number of carbonyl (C=O) groups is 1. The number of hydrogen-bond donors (Lipinski definition) is 0. The lowest BCUT2D eigenvalue weighted by Gasteiger charge is -2.18. The molecule has 0 N–H and O–H groups in total. The fourth-order valence-electron chi connectivity index (χ4n) is 2.81. The van der Waals surface area contributed by atoms with Crippen molar-refractivity contribution in [3.05, 3.63) is 57.6 Å². The molecule has 3 rings (SSSR count). The summed E-state index contributed by atoms with van der Waals surface area (Å²) in [6, 6.07) is 11.9. The van der Waals surface area contributed by atoms with Crippen LogP contribution in [0.25, 0.3) is 0 Å². The number of ether oxygens (including phenoxy) is 1. The minimum Gasteiger partial charge on any atom is -0.484 e. The summed E-state index contributed by atoms with van der Waals surface area (Å²) in [5.41, 5.74) is 4.45. The molecule has 22 heavy (non-hydrogen) atoms. The number of rotatable bonds is 3. The molecule has 2 aromatic rings. The van der Waals surface area contributed by atoms with Gasteiger partial charge in [0.25, 0.3) is 5.91 Å². The molecule has 0 atom stereocenters. The van der Waals surface area contributed by atoms with Gasteiger partial charge in [-0.1, -0.05) is 34.1 Å². The maximum Gasteiger partial charge on any atom is 0.264 e. The normalized spacial score (nSPS) is 13.1. The Kier molecular flexibility index (Phi) is 4.21. The standard InChI is InChI=1S/C18H18BrNO2/c1-12-9-15(10-13(2)18(12)19)22-11-17(21)20-8-7-14-5-3-4-6-16(14)20/h3-6,9-10H,7-8,11H2,1-2H3. The van der Waals surface area contributed by atoms with Crippen molar-refractivity contribution in [2.75, 3.05) is 18.1 Å². The van der Waals surface area contributed by atoms with Crippen LogP contribution in [0, 0.1) is 13.8 Å². The van der Waals surface area contributed by atoms with E-state index in [9.17, 15) is 4.79 Å². The zero-order valence-electron chi connectivity index (χ0n) is 12.7. The van der Waals surface area contributed by atoms with E-state index in [1.165, 1.54) is 5.56 Å². The van der Waals surface area contributed by atoms with Gasteiger partial charge in [0.2, 0.25) is 0 Å². The largest absolute Gasteiger partial charge is 0.484 e. The highest BCUT2D eigenvalue weighted by atomic mass is 79.9. The molecule has 2 aromatic carbocycles. The first kappa shape index (κ1) is 15.1. The maximum atomic E-state index is 12.4. The quantitative estimate of drug-likeness (QED) is 0.827. The minimum atomic E-state index is 0.00294. The number of amides is 1. The van der Waals surface area contributed by atoms with E-state index >= 15 is 0 Å². The van der Waals surface area contributed by atoms with Gasteiger partial charge in [0.05, 0.1) is 0 Å². The SMILES string of the molecule is Cc1cc(OCC(=O)N2CCc3ccccc32)cc(C)c1Br. The van der Waals surface area contributed by atoms with Gasteiger partial charge in [-0.15, -0.1) is 0 Å². The summed E-state index contributed by atoms with van der Waals surface area (Å²) in [7, 11) is 0. The van der Waals surface area contributed by atoms with Gasteiger partial charge in [0.1, 0.15) is 5.75 Å². The average molecular weight is 360 g/mol. The smallest absolute Gasteiger partial charge is 0.264 e. The lowest BCUT2D eigenvalue weighted by molar-refractivity contribution is -0.120. The number of nitrogens with zero attached hydrogens (tertiary/aromatic N) is 1. The molecule has 4 heteroatoms. The second-order valence-corrected chi connectivity index (χ2v) is 6.38. The van der Waals surface area contributed by atoms with E-state index in [-0.39, 0.29) is 12.5 Å². The summed E-state index contributed by atoms with van der Waals surface area (Å²) in [6.45, 7) is 4.83. The highest BCUT2D eigenvalue weighted by molar-refractivity contribution is 9.10. The van der Waals surface area contributed by atoms with Gasteiger partial charge >= 0.3 is 0 Å². The second-order valence-electron chi connectivity index (χ2n) is 5.58. The van der Waals surface area contributed by atoms with Crippen LogP contribution in [0.3, 0.4) is 0 Å². The zero-order valence-corrected chi connectivity index (χ0v) is 14.3. The number of halogens is 1. The molecule has 1 aliphatic rings. The Bertz CT molecular complexity index is 704. The number of benzene rings is 2. The predicted molar refractivity (Wildman–Crippen MR) is 91.6 cm³/mol. The molecule has 0 aromatic heterocycles. The summed E-state index contributed by atoms with van der Waals surface area (Å²) in [5, 5.41) is 0. The van der Waals surface area contributed by atoms with Crippen molar-refractivity contribution in [1.29, 1.82) is 0 Å². The van der Waals surface area contributed by atoms with Crippen molar-refractivity contribution in [2.24, 2.45) is 0 Å². The fraction of sp³-hybridized carbons (Fsp3) is 0.278. The fourth-order valence-corrected chi connectivity index (χ4v) is 3.04. The van der Waals surface area contributed by atoms with Crippen LogP contribution in [-0.4, -0.2) is 19.1 Å². The third-order valence-electron chi connectivity index (χ3n) is 3.96. The third-order valence-corrected chi connectivity index (χ3v) is 5.21. The highest BCUT2D eigenvalue weighted by Gasteiger charge is 2.24. The van der Waals surface area contributed by atoms with Gasteiger partial charge in [0.15, 0.2) is 6.61 Å². The van der Waals surface area contributed by atoms with Crippen molar-refractivity contribution in [1.82, 2.24) is 0 Å². The van der Waals surface area contributed by atoms with E-state index in [1.54, 1.807) is 0 Å². The molecule has 0 saturated carbocycles. The molecule has 114 valence electrons. The van der Waals surface area contributed by atoms with Crippen LogP contribution in [0.4, 0.5) is 5.69 Å². The number of aryl methyl sites for hydroxylation is 2. The van der Waals surface area contributed by atoms with E-state index in [4.69, 9.17) is 4.74 Å². The molecule has 0 fully saturated rings. The van der Waals surface area contributed by atoms with Gasteiger partial charge in [0, 0.05) is 16.7 Å². The molecule has 0 aliphatic carbocycles. The minimum absolute atomic E-state index is 0.00294. The third kappa shape index (κ3) is 2.88. The van der Waals surface area contributed by atoms with Crippen molar-refractivity contribution < 1.29 is 9.53 Å². The van der Waals surface area contributed by atoms with Crippen molar-refractivity contribution in [3.8, 4) is 5.75 Å². The monoisotopic (exact) mass is 359 g/mol. The Morgan fingerprint density at radius 3 is 2.64 bits per heavy atom. The summed E-state index contributed by atoms with van der Waals surface area (Å²) >= 11 is 3.53. The van der Waals surface area contributed by atoms with Gasteiger partial charge in [-0.3, -0.25) is 4.79 Å². The molecular weight excluding hydrogens is 342 g/mol. The van der Waals surface area contributed by atoms with Crippen molar-refractivity contribution in [3.63, 3.8) is 0 Å². The predicted octanol–water partition coefficient (Wildman–Crippen LogP) is 4.03. The molecule has 0 spiro atoms. The van der Waals surface area contributed by atoms with E-state index < -0.39 is 0 Å². The molecule has 0 saturated heterocycles. The van der Waals surface area contributed by atoms with Crippen molar-refractivity contribution in [2.45, 2.75) is 20.3 Å². The van der Waals surface area contributed by atoms with Crippen LogP contribution in [0.5, 0.6) is 5.75 Å². The Morgan fingerprint density at radius 2 is 1.91 bits per heavy atom. The number of fused-ring (bicyclic) bond motifs is 1. The Balaban J connectivity index is 1.69. The molecule has 1 heterocycles.